The Labute approximate surface area is 133 Å². The fourth-order valence-electron chi connectivity index (χ4n) is 1.94. The van der Waals surface area contributed by atoms with Crippen molar-refractivity contribution in [2.45, 2.75) is 39.2 Å². The van der Waals surface area contributed by atoms with Crippen molar-refractivity contribution in [3.8, 4) is 0 Å². The fourth-order valence-corrected chi connectivity index (χ4v) is 3.16. The van der Waals surface area contributed by atoms with Crippen molar-refractivity contribution >= 4 is 33.1 Å². The van der Waals surface area contributed by atoms with Crippen LogP contribution in [0.25, 0.3) is 0 Å². The van der Waals surface area contributed by atoms with Crippen LogP contribution in [0, 0.1) is 0 Å². The molecule has 2 rings (SSSR count). The lowest BCUT2D eigenvalue weighted by molar-refractivity contribution is 0.670. The second-order valence-electron chi connectivity index (χ2n) is 5.31. The third-order valence-electron chi connectivity index (χ3n) is 3.31. The van der Waals surface area contributed by atoms with Gasteiger partial charge in [-0.2, -0.15) is 0 Å². The van der Waals surface area contributed by atoms with Crippen molar-refractivity contribution in [2.75, 3.05) is 11.9 Å². The zero-order chi connectivity index (χ0) is 14.7. The highest BCUT2D eigenvalue weighted by Gasteiger charge is 2.15. The van der Waals surface area contributed by atoms with Gasteiger partial charge in [-0.25, -0.2) is 9.97 Å². The number of hydrogen-bond donors (Lipinski definition) is 0. The Morgan fingerprint density at radius 1 is 1.30 bits per heavy atom. The molecule has 0 aliphatic heterocycles. The highest BCUT2D eigenvalue weighted by atomic mass is 79.9. The standard InChI is InChI=1S/C15H20BrN3S/c1-10(2)15-17-13(16)9-14(18-15)19(4)11(3)8-12-6-5-7-20-12/h5-7,9-11H,8H2,1-4H3. The summed E-state index contributed by atoms with van der Waals surface area (Å²) in [5.74, 6) is 2.18. The van der Waals surface area contributed by atoms with Crippen molar-refractivity contribution in [1.82, 2.24) is 9.97 Å². The maximum atomic E-state index is 4.67. The van der Waals surface area contributed by atoms with E-state index in [1.54, 1.807) is 11.3 Å². The van der Waals surface area contributed by atoms with Gasteiger partial charge in [0.25, 0.3) is 0 Å². The van der Waals surface area contributed by atoms with Crippen LogP contribution in [-0.4, -0.2) is 23.1 Å². The molecule has 0 N–H and O–H groups in total. The van der Waals surface area contributed by atoms with Crippen molar-refractivity contribution in [1.29, 1.82) is 0 Å². The van der Waals surface area contributed by atoms with Crippen molar-refractivity contribution in [3.05, 3.63) is 38.9 Å². The maximum absolute atomic E-state index is 4.67. The summed E-state index contributed by atoms with van der Waals surface area (Å²) in [6.45, 7) is 6.45. The Morgan fingerprint density at radius 3 is 2.65 bits per heavy atom. The minimum atomic E-state index is 0.326. The number of rotatable bonds is 5. The molecule has 0 saturated carbocycles. The number of anilines is 1. The Balaban J connectivity index is 2.17. The molecule has 0 bridgehead atoms. The van der Waals surface area contributed by atoms with E-state index in [1.807, 2.05) is 6.07 Å². The van der Waals surface area contributed by atoms with E-state index in [0.29, 0.717) is 12.0 Å². The van der Waals surface area contributed by atoms with E-state index in [4.69, 9.17) is 0 Å². The van der Waals surface area contributed by atoms with Gasteiger partial charge in [0.05, 0.1) is 0 Å². The van der Waals surface area contributed by atoms with E-state index in [0.717, 1.165) is 22.7 Å². The Bertz CT molecular complexity index is 554. The lowest BCUT2D eigenvalue weighted by Crippen LogP contribution is -2.31. The average Bonchev–Trinajstić information content (AvgIpc) is 2.89. The molecule has 0 fully saturated rings. The van der Waals surface area contributed by atoms with Gasteiger partial charge in [0.1, 0.15) is 16.2 Å². The van der Waals surface area contributed by atoms with Gasteiger partial charge in [-0.1, -0.05) is 19.9 Å². The van der Waals surface area contributed by atoms with E-state index in [1.165, 1.54) is 4.88 Å². The van der Waals surface area contributed by atoms with Crippen molar-refractivity contribution in [2.24, 2.45) is 0 Å². The number of halogens is 1. The van der Waals surface area contributed by atoms with Crippen LogP contribution in [0.15, 0.2) is 28.2 Å². The molecule has 108 valence electrons. The van der Waals surface area contributed by atoms with Gasteiger partial charge in [0.15, 0.2) is 0 Å². The smallest absolute Gasteiger partial charge is 0.134 e. The molecule has 0 aromatic carbocycles. The minimum absolute atomic E-state index is 0.326. The molecule has 0 radical (unpaired) electrons. The molecular formula is C15H20BrN3S. The van der Waals surface area contributed by atoms with Gasteiger partial charge in [-0.3, -0.25) is 0 Å². The van der Waals surface area contributed by atoms with E-state index >= 15 is 0 Å². The summed E-state index contributed by atoms with van der Waals surface area (Å²) in [6.07, 6.45) is 1.03. The summed E-state index contributed by atoms with van der Waals surface area (Å²) in [5.41, 5.74) is 0. The van der Waals surface area contributed by atoms with Crippen LogP contribution in [0.4, 0.5) is 5.82 Å². The van der Waals surface area contributed by atoms with Crippen LogP contribution in [-0.2, 0) is 6.42 Å². The number of nitrogens with zero attached hydrogens (tertiary/aromatic N) is 3. The van der Waals surface area contributed by atoms with Crippen LogP contribution in [0.2, 0.25) is 0 Å². The number of likely N-dealkylation sites (N-methyl/N-ethyl adjacent to an activating group) is 1. The van der Waals surface area contributed by atoms with Gasteiger partial charge in [0.2, 0.25) is 0 Å². The predicted molar refractivity (Wildman–Crippen MR) is 89.7 cm³/mol. The Kier molecular flexibility index (Phi) is 5.16. The number of aromatic nitrogens is 2. The van der Waals surface area contributed by atoms with Crippen LogP contribution in [0.5, 0.6) is 0 Å². The largest absolute Gasteiger partial charge is 0.356 e. The van der Waals surface area contributed by atoms with Crippen LogP contribution < -0.4 is 4.90 Å². The minimum Gasteiger partial charge on any atom is -0.356 e. The van der Waals surface area contributed by atoms with Crippen molar-refractivity contribution < 1.29 is 0 Å². The first-order valence-electron chi connectivity index (χ1n) is 6.77. The number of thiophene rings is 1. The highest BCUT2D eigenvalue weighted by molar-refractivity contribution is 9.10. The second-order valence-corrected chi connectivity index (χ2v) is 7.15. The molecule has 1 unspecified atom stereocenters. The Hall–Kier alpha value is -0.940. The van der Waals surface area contributed by atoms with Crippen molar-refractivity contribution in [3.63, 3.8) is 0 Å². The summed E-state index contributed by atoms with van der Waals surface area (Å²) >= 11 is 5.29. The molecule has 0 spiro atoms. The van der Waals surface area contributed by atoms with E-state index in [-0.39, 0.29) is 0 Å². The van der Waals surface area contributed by atoms with Crippen LogP contribution >= 0.6 is 27.3 Å². The molecule has 0 amide bonds. The summed E-state index contributed by atoms with van der Waals surface area (Å²) in [7, 11) is 2.09. The molecule has 5 heteroatoms. The average molecular weight is 354 g/mol. The van der Waals surface area contributed by atoms with Crippen LogP contribution in [0.1, 0.15) is 37.4 Å². The Morgan fingerprint density at radius 2 is 2.05 bits per heavy atom. The second kappa shape index (κ2) is 6.68. The molecule has 3 nitrogen and oxygen atoms in total. The summed E-state index contributed by atoms with van der Waals surface area (Å²) in [5, 5.41) is 2.13. The maximum Gasteiger partial charge on any atom is 0.134 e. The normalized spacial score (nSPS) is 12.7. The lowest BCUT2D eigenvalue weighted by Gasteiger charge is -2.26. The summed E-state index contributed by atoms with van der Waals surface area (Å²) < 4.78 is 0.848. The molecule has 2 aromatic heterocycles. The third-order valence-corrected chi connectivity index (χ3v) is 4.62. The molecule has 2 aromatic rings. The molecule has 20 heavy (non-hydrogen) atoms. The zero-order valence-corrected chi connectivity index (χ0v) is 14.7. The fraction of sp³-hybridized carbons (Fsp3) is 0.467. The molecule has 0 aliphatic rings. The molecular weight excluding hydrogens is 334 g/mol. The van der Waals surface area contributed by atoms with E-state index < -0.39 is 0 Å². The molecule has 0 saturated heterocycles. The van der Waals surface area contributed by atoms with Gasteiger partial charge >= 0.3 is 0 Å². The molecule has 2 heterocycles. The summed E-state index contributed by atoms with van der Waals surface area (Å²) in [4.78, 5) is 12.7. The topological polar surface area (TPSA) is 29.0 Å². The first-order chi connectivity index (χ1) is 9.47. The SMILES string of the molecule is CC(C)c1nc(Br)cc(N(C)C(C)Cc2cccs2)n1. The van der Waals surface area contributed by atoms with Gasteiger partial charge in [-0.15, -0.1) is 11.3 Å². The predicted octanol–water partition coefficient (Wildman–Crippen LogP) is 4.49. The highest BCUT2D eigenvalue weighted by Crippen LogP contribution is 2.22. The van der Waals surface area contributed by atoms with Gasteiger partial charge in [0, 0.05) is 36.4 Å². The first-order valence-corrected chi connectivity index (χ1v) is 8.44. The quantitative estimate of drug-likeness (QED) is 0.741. The third kappa shape index (κ3) is 3.79. The zero-order valence-electron chi connectivity index (χ0n) is 12.3. The molecule has 0 aliphatic carbocycles. The van der Waals surface area contributed by atoms with E-state index in [9.17, 15) is 0 Å². The lowest BCUT2D eigenvalue weighted by atomic mass is 10.2. The van der Waals surface area contributed by atoms with E-state index in [2.05, 4.69) is 76.1 Å². The number of hydrogen-bond acceptors (Lipinski definition) is 4. The summed E-state index contributed by atoms with van der Waals surface area (Å²) in [6, 6.07) is 6.67. The van der Waals surface area contributed by atoms with Gasteiger partial charge < -0.3 is 4.90 Å². The first kappa shape index (κ1) is 15.4. The van der Waals surface area contributed by atoms with Gasteiger partial charge in [-0.05, 0) is 34.3 Å². The van der Waals surface area contributed by atoms with Crippen LogP contribution in [0.3, 0.4) is 0 Å². The molecule has 1 atom stereocenters. The monoisotopic (exact) mass is 353 g/mol.